The Morgan fingerprint density at radius 3 is 2.53 bits per heavy atom. The van der Waals surface area contributed by atoms with Crippen LogP contribution >= 0.6 is 0 Å². The van der Waals surface area contributed by atoms with Crippen molar-refractivity contribution in [2.24, 2.45) is 0 Å². The predicted molar refractivity (Wildman–Crippen MR) is 120 cm³/mol. The van der Waals surface area contributed by atoms with E-state index < -0.39 is 0 Å². The molecule has 4 aromatic rings. The number of rotatable bonds is 10. The Bertz CT molecular complexity index is 1280. The topological polar surface area (TPSA) is 109 Å². The Morgan fingerprint density at radius 2 is 1.76 bits per heavy atom. The molecule has 2 aromatic carbocycles. The van der Waals surface area contributed by atoms with Crippen LogP contribution in [0.15, 0.2) is 54.6 Å². The van der Waals surface area contributed by atoms with E-state index >= 15 is 0 Å². The van der Waals surface area contributed by atoms with Crippen LogP contribution in [0.25, 0.3) is 17.0 Å². The van der Waals surface area contributed by atoms with Crippen molar-refractivity contribution < 1.29 is 28.1 Å². The van der Waals surface area contributed by atoms with E-state index in [1.165, 1.54) is 24.3 Å². The van der Waals surface area contributed by atoms with Crippen LogP contribution < -0.4 is 24.3 Å². The second kappa shape index (κ2) is 10.5. The molecule has 0 saturated heterocycles. The van der Waals surface area contributed by atoms with Gasteiger partial charge in [-0.1, -0.05) is 0 Å². The molecule has 2 heterocycles. The van der Waals surface area contributed by atoms with Crippen LogP contribution in [0, 0.1) is 5.82 Å². The summed E-state index contributed by atoms with van der Waals surface area (Å²) in [5.41, 5.74) is 1.22. The van der Waals surface area contributed by atoms with Crippen molar-refractivity contribution in [3.8, 4) is 34.5 Å². The second-order valence-corrected chi connectivity index (χ2v) is 6.97. The van der Waals surface area contributed by atoms with Gasteiger partial charge in [-0.05, 0) is 42.5 Å². The number of aromatic nitrogens is 4. The summed E-state index contributed by atoms with van der Waals surface area (Å²) in [7, 11) is 3.13. The summed E-state index contributed by atoms with van der Waals surface area (Å²) in [6.07, 6.45) is 0. The van der Waals surface area contributed by atoms with Crippen molar-refractivity contribution in [3.05, 3.63) is 60.4 Å². The summed E-state index contributed by atoms with van der Waals surface area (Å²) in [4.78, 5) is 11.9. The summed E-state index contributed by atoms with van der Waals surface area (Å²) in [5, 5.41) is 15.5. The lowest BCUT2D eigenvalue weighted by atomic mass is 10.2. The van der Waals surface area contributed by atoms with Gasteiger partial charge in [0.05, 0.1) is 26.3 Å². The van der Waals surface area contributed by atoms with Crippen LogP contribution in [0.3, 0.4) is 0 Å². The normalized spacial score (nSPS) is 10.7. The largest absolute Gasteiger partial charge is 0.497 e. The molecule has 0 unspecified atom stereocenters. The Hall–Kier alpha value is -4.41. The molecule has 176 valence electrons. The molecular weight excluding hydrogens is 445 g/mol. The third-order valence-corrected chi connectivity index (χ3v) is 4.75. The molecule has 1 N–H and O–H groups in total. The van der Waals surface area contributed by atoms with Crippen LogP contribution in [0.5, 0.6) is 23.1 Å². The summed E-state index contributed by atoms with van der Waals surface area (Å²) in [6, 6.07) is 14.2. The highest BCUT2D eigenvalue weighted by Gasteiger charge is 2.16. The monoisotopic (exact) mass is 467 g/mol. The quantitative estimate of drug-likeness (QED) is 0.355. The van der Waals surface area contributed by atoms with Gasteiger partial charge >= 0.3 is 0 Å². The summed E-state index contributed by atoms with van der Waals surface area (Å²) in [5.74, 6) is 1.72. The van der Waals surface area contributed by atoms with Crippen molar-refractivity contribution >= 4 is 11.6 Å². The SMILES string of the molecule is COc1ccc(-c2nnc3ccc(OCCNC(=O)COc4ccc(F)cc4)nn23)c(OC)c1. The zero-order chi connectivity index (χ0) is 23.9. The Balaban J connectivity index is 1.34. The van der Waals surface area contributed by atoms with E-state index in [0.29, 0.717) is 40.2 Å². The number of halogens is 1. The van der Waals surface area contributed by atoms with E-state index in [1.54, 1.807) is 43.0 Å². The zero-order valence-corrected chi connectivity index (χ0v) is 18.5. The fourth-order valence-electron chi connectivity index (χ4n) is 3.08. The molecule has 0 atom stereocenters. The molecule has 0 bridgehead atoms. The van der Waals surface area contributed by atoms with Crippen molar-refractivity contribution in [2.75, 3.05) is 34.0 Å². The highest BCUT2D eigenvalue weighted by molar-refractivity contribution is 5.77. The molecule has 4 rings (SSSR count). The van der Waals surface area contributed by atoms with Crippen molar-refractivity contribution in [1.29, 1.82) is 0 Å². The lowest BCUT2D eigenvalue weighted by molar-refractivity contribution is -0.123. The molecular formula is C23H22FN5O5. The number of nitrogens with zero attached hydrogens (tertiary/aromatic N) is 4. The first-order chi connectivity index (χ1) is 16.6. The number of hydrogen-bond donors (Lipinski definition) is 1. The minimum atomic E-state index is -0.373. The van der Waals surface area contributed by atoms with E-state index in [9.17, 15) is 9.18 Å². The second-order valence-electron chi connectivity index (χ2n) is 6.97. The summed E-state index contributed by atoms with van der Waals surface area (Å²) < 4.78 is 36.1. The van der Waals surface area contributed by atoms with E-state index in [2.05, 4.69) is 20.6 Å². The number of hydrogen-bond acceptors (Lipinski definition) is 8. The third kappa shape index (κ3) is 5.31. The molecule has 1 amide bonds. The first kappa shape index (κ1) is 22.8. The molecule has 0 aliphatic rings. The van der Waals surface area contributed by atoms with Crippen molar-refractivity contribution in [3.63, 3.8) is 0 Å². The van der Waals surface area contributed by atoms with Gasteiger partial charge in [0.25, 0.3) is 5.91 Å². The van der Waals surface area contributed by atoms with Crippen LogP contribution in [-0.2, 0) is 4.79 Å². The van der Waals surface area contributed by atoms with E-state index in [-0.39, 0.29) is 31.5 Å². The van der Waals surface area contributed by atoms with Gasteiger partial charge in [0, 0.05) is 12.1 Å². The van der Waals surface area contributed by atoms with Crippen LogP contribution in [0.2, 0.25) is 0 Å². The first-order valence-corrected chi connectivity index (χ1v) is 10.3. The highest BCUT2D eigenvalue weighted by atomic mass is 19.1. The van der Waals surface area contributed by atoms with Crippen LogP contribution in [-0.4, -0.2) is 59.7 Å². The maximum atomic E-state index is 12.9. The fourth-order valence-corrected chi connectivity index (χ4v) is 3.08. The minimum Gasteiger partial charge on any atom is -0.497 e. The number of ether oxygens (including phenoxy) is 4. The van der Waals surface area contributed by atoms with Gasteiger partial charge in [0.2, 0.25) is 5.88 Å². The van der Waals surface area contributed by atoms with Gasteiger partial charge in [-0.25, -0.2) is 4.39 Å². The smallest absolute Gasteiger partial charge is 0.258 e. The number of fused-ring (bicyclic) bond motifs is 1. The van der Waals surface area contributed by atoms with E-state index in [1.807, 2.05) is 6.07 Å². The molecule has 2 aromatic heterocycles. The molecule has 34 heavy (non-hydrogen) atoms. The molecule has 0 fully saturated rings. The molecule has 0 saturated carbocycles. The number of benzene rings is 2. The Morgan fingerprint density at radius 1 is 0.971 bits per heavy atom. The average Bonchev–Trinajstić information content (AvgIpc) is 3.29. The lowest BCUT2D eigenvalue weighted by Crippen LogP contribution is -2.32. The molecule has 0 aliphatic carbocycles. The minimum absolute atomic E-state index is 0.185. The highest BCUT2D eigenvalue weighted by Crippen LogP contribution is 2.32. The molecule has 0 aliphatic heterocycles. The summed E-state index contributed by atoms with van der Waals surface area (Å²) in [6.45, 7) is 0.236. The maximum absolute atomic E-state index is 12.9. The molecule has 0 spiro atoms. The van der Waals surface area contributed by atoms with E-state index in [0.717, 1.165) is 0 Å². The van der Waals surface area contributed by atoms with Gasteiger partial charge in [-0.3, -0.25) is 4.79 Å². The van der Waals surface area contributed by atoms with Crippen LogP contribution in [0.1, 0.15) is 0 Å². The van der Waals surface area contributed by atoms with Crippen LogP contribution in [0.4, 0.5) is 4.39 Å². The summed E-state index contributed by atoms with van der Waals surface area (Å²) >= 11 is 0. The molecule has 11 heteroatoms. The molecule has 0 radical (unpaired) electrons. The number of amides is 1. The van der Waals surface area contributed by atoms with Gasteiger partial charge in [0.15, 0.2) is 18.1 Å². The molecule has 10 nitrogen and oxygen atoms in total. The number of nitrogens with one attached hydrogen (secondary N) is 1. The van der Waals surface area contributed by atoms with Gasteiger partial charge < -0.3 is 24.3 Å². The van der Waals surface area contributed by atoms with Crippen molar-refractivity contribution in [1.82, 2.24) is 25.1 Å². The zero-order valence-electron chi connectivity index (χ0n) is 18.5. The number of methoxy groups -OCH3 is 2. The standard InChI is InChI=1S/C23H22FN5O5/c1-31-17-7-8-18(19(13-17)32-2)23-27-26-20-9-10-22(28-29(20)23)33-12-11-25-21(30)14-34-16-5-3-15(24)4-6-16/h3-10,13H,11-12,14H2,1-2H3,(H,25,30). The first-order valence-electron chi connectivity index (χ1n) is 10.3. The van der Waals surface area contributed by atoms with Gasteiger partial charge in [0.1, 0.15) is 29.7 Å². The Kier molecular flexibility index (Phi) is 7.01. The maximum Gasteiger partial charge on any atom is 0.258 e. The lowest BCUT2D eigenvalue weighted by Gasteiger charge is -2.10. The predicted octanol–water partition coefficient (Wildman–Crippen LogP) is 2.52. The van der Waals surface area contributed by atoms with Gasteiger partial charge in [-0.15, -0.1) is 15.3 Å². The van der Waals surface area contributed by atoms with Gasteiger partial charge in [-0.2, -0.15) is 4.52 Å². The average molecular weight is 467 g/mol. The third-order valence-electron chi connectivity index (χ3n) is 4.75. The van der Waals surface area contributed by atoms with Crippen molar-refractivity contribution in [2.45, 2.75) is 0 Å². The number of carbonyl (C=O) groups is 1. The fraction of sp³-hybridized carbons (Fsp3) is 0.217. The van der Waals surface area contributed by atoms with E-state index in [4.69, 9.17) is 18.9 Å². The Labute approximate surface area is 194 Å². The number of carbonyl (C=O) groups excluding carboxylic acids is 1.